The summed E-state index contributed by atoms with van der Waals surface area (Å²) in [5.41, 5.74) is 3.04. The first-order chi connectivity index (χ1) is 16.5. The number of nitrogens with one attached hydrogen (secondary N) is 2. The molecule has 0 fully saturated rings. The number of pyridine rings is 1. The minimum Gasteiger partial charge on any atom is -0.346 e. The van der Waals surface area contributed by atoms with Gasteiger partial charge in [-0.15, -0.1) is 17.7 Å². The monoisotopic (exact) mass is 472 g/mol. The average molecular weight is 473 g/mol. The second-order valence-corrected chi connectivity index (χ2v) is 8.35. The van der Waals surface area contributed by atoms with Gasteiger partial charge in [0.1, 0.15) is 17.6 Å². The van der Waals surface area contributed by atoms with E-state index in [1.54, 1.807) is 42.7 Å². The smallest absolute Gasteiger partial charge is 0.251 e. The minimum atomic E-state index is -0.649. The first-order valence-electron chi connectivity index (χ1n) is 10.7. The van der Waals surface area contributed by atoms with Crippen molar-refractivity contribution in [2.24, 2.45) is 0 Å². The van der Waals surface area contributed by atoms with Crippen LogP contribution in [0.3, 0.4) is 0 Å². The van der Waals surface area contributed by atoms with Crippen LogP contribution >= 0.6 is 12.6 Å². The number of amides is 2. The zero-order valence-corrected chi connectivity index (χ0v) is 19.4. The third kappa shape index (κ3) is 6.08. The van der Waals surface area contributed by atoms with Crippen molar-refractivity contribution in [1.82, 2.24) is 25.3 Å². The standard InChI is InChI=1S/C25H24N6O2S/c1-17-11-12-26-23(13-17)28-25(33)22(14-18-5-3-2-4-6-18)31-16-20(29-30-31)15-27-24(32)19-7-9-21(34)10-8-19/h2-13,16,22,34H,14-15H2,1H3,(H,27,32)(H,26,28,33)/t22-/m0/s1. The van der Waals surface area contributed by atoms with E-state index in [9.17, 15) is 9.59 Å². The van der Waals surface area contributed by atoms with Crippen LogP contribution in [0, 0.1) is 6.92 Å². The molecular formula is C25H24N6O2S. The van der Waals surface area contributed by atoms with E-state index in [0.29, 0.717) is 23.5 Å². The number of nitrogens with zero attached hydrogens (tertiary/aromatic N) is 4. The zero-order chi connectivity index (χ0) is 23.9. The summed E-state index contributed by atoms with van der Waals surface area (Å²) < 4.78 is 1.52. The van der Waals surface area contributed by atoms with Crippen molar-refractivity contribution in [1.29, 1.82) is 0 Å². The predicted octanol–water partition coefficient (Wildman–Crippen LogP) is 3.62. The van der Waals surface area contributed by atoms with Crippen molar-refractivity contribution in [3.8, 4) is 0 Å². The molecule has 2 N–H and O–H groups in total. The highest BCUT2D eigenvalue weighted by Gasteiger charge is 2.23. The van der Waals surface area contributed by atoms with Gasteiger partial charge < -0.3 is 10.6 Å². The van der Waals surface area contributed by atoms with Crippen LogP contribution in [0.1, 0.15) is 33.2 Å². The van der Waals surface area contributed by atoms with Crippen LogP contribution in [-0.2, 0) is 17.8 Å². The summed E-state index contributed by atoms with van der Waals surface area (Å²) in [7, 11) is 0. The molecule has 8 nitrogen and oxygen atoms in total. The fourth-order valence-corrected chi connectivity index (χ4v) is 3.54. The number of carbonyl (C=O) groups is 2. The maximum Gasteiger partial charge on any atom is 0.251 e. The Hall–Kier alpha value is -3.98. The number of anilines is 1. The maximum atomic E-state index is 13.2. The van der Waals surface area contributed by atoms with Gasteiger partial charge in [-0.25, -0.2) is 9.67 Å². The molecule has 0 spiro atoms. The highest BCUT2D eigenvalue weighted by molar-refractivity contribution is 7.80. The average Bonchev–Trinajstić information content (AvgIpc) is 3.31. The van der Waals surface area contributed by atoms with Crippen LogP contribution in [0.2, 0.25) is 0 Å². The normalized spacial score (nSPS) is 11.6. The van der Waals surface area contributed by atoms with Crippen LogP contribution in [0.15, 0.2) is 84.0 Å². The summed E-state index contributed by atoms with van der Waals surface area (Å²) in [5, 5.41) is 14.0. The SMILES string of the molecule is Cc1ccnc(NC(=O)[C@H](Cc2ccccc2)n2cc(CNC(=O)c3ccc(S)cc3)nn2)c1. The van der Waals surface area contributed by atoms with Crippen LogP contribution in [0.5, 0.6) is 0 Å². The molecule has 1 atom stereocenters. The lowest BCUT2D eigenvalue weighted by atomic mass is 10.1. The second-order valence-electron chi connectivity index (χ2n) is 7.83. The molecule has 34 heavy (non-hydrogen) atoms. The lowest BCUT2D eigenvalue weighted by Gasteiger charge is -2.17. The van der Waals surface area contributed by atoms with Crippen molar-refractivity contribution in [2.75, 3.05) is 5.32 Å². The molecule has 0 aliphatic rings. The van der Waals surface area contributed by atoms with Gasteiger partial charge >= 0.3 is 0 Å². The number of aromatic nitrogens is 4. The Kier molecular flexibility index (Phi) is 7.34. The third-order valence-corrected chi connectivity index (χ3v) is 5.48. The first-order valence-corrected chi connectivity index (χ1v) is 11.2. The molecule has 172 valence electrons. The van der Waals surface area contributed by atoms with Gasteiger partial charge in [-0.3, -0.25) is 9.59 Å². The highest BCUT2D eigenvalue weighted by atomic mass is 32.1. The number of benzene rings is 2. The Morgan fingerprint density at radius 1 is 1.06 bits per heavy atom. The van der Waals surface area contributed by atoms with Crippen molar-refractivity contribution in [3.05, 3.63) is 102 Å². The van der Waals surface area contributed by atoms with E-state index in [-0.39, 0.29) is 18.4 Å². The Morgan fingerprint density at radius 3 is 2.56 bits per heavy atom. The minimum absolute atomic E-state index is 0.181. The largest absolute Gasteiger partial charge is 0.346 e. The topological polar surface area (TPSA) is 102 Å². The van der Waals surface area contributed by atoms with E-state index in [1.807, 2.05) is 43.3 Å². The number of thiol groups is 1. The first kappa shape index (κ1) is 23.2. The van der Waals surface area contributed by atoms with E-state index in [1.165, 1.54) is 4.68 Å². The lowest BCUT2D eigenvalue weighted by molar-refractivity contribution is -0.119. The number of carbonyl (C=O) groups excluding carboxylic acids is 2. The van der Waals surface area contributed by atoms with Crippen molar-refractivity contribution < 1.29 is 9.59 Å². The Balaban J connectivity index is 1.49. The van der Waals surface area contributed by atoms with Crippen LogP contribution in [0.25, 0.3) is 0 Å². The van der Waals surface area contributed by atoms with E-state index in [4.69, 9.17) is 0 Å². The van der Waals surface area contributed by atoms with Gasteiger partial charge in [-0.2, -0.15) is 0 Å². The summed E-state index contributed by atoms with van der Waals surface area (Å²) in [6.07, 6.45) is 3.74. The van der Waals surface area contributed by atoms with Crippen LogP contribution < -0.4 is 10.6 Å². The lowest BCUT2D eigenvalue weighted by Crippen LogP contribution is -2.28. The fraction of sp³-hybridized carbons (Fsp3) is 0.160. The van der Waals surface area contributed by atoms with E-state index in [0.717, 1.165) is 16.0 Å². The molecule has 0 aliphatic carbocycles. The summed E-state index contributed by atoms with van der Waals surface area (Å²) in [6.45, 7) is 2.12. The molecule has 2 aromatic heterocycles. The molecule has 0 unspecified atom stereocenters. The van der Waals surface area contributed by atoms with Gasteiger partial charge in [0.15, 0.2) is 0 Å². The quantitative estimate of drug-likeness (QED) is 0.340. The molecule has 0 aliphatic heterocycles. The number of hydrogen-bond donors (Lipinski definition) is 3. The molecule has 4 rings (SSSR count). The molecule has 4 aromatic rings. The van der Waals surface area contributed by atoms with Gasteiger partial charge in [0.2, 0.25) is 0 Å². The summed E-state index contributed by atoms with van der Waals surface area (Å²) >= 11 is 4.23. The van der Waals surface area contributed by atoms with Gasteiger partial charge in [0, 0.05) is 23.1 Å². The Labute approximate surface area is 202 Å². The van der Waals surface area contributed by atoms with Crippen molar-refractivity contribution in [2.45, 2.75) is 30.8 Å². The summed E-state index contributed by atoms with van der Waals surface area (Å²) in [6, 6.07) is 19.6. The van der Waals surface area contributed by atoms with Crippen LogP contribution in [-0.4, -0.2) is 31.8 Å². The molecule has 0 radical (unpaired) electrons. The highest BCUT2D eigenvalue weighted by Crippen LogP contribution is 2.17. The third-order valence-electron chi connectivity index (χ3n) is 5.18. The molecule has 0 saturated heterocycles. The summed E-state index contributed by atoms with van der Waals surface area (Å²) in [4.78, 5) is 30.6. The Bertz CT molecular complexity index is 1270. The van der Waals surface area contributed by atoms with Crippen molar-refractivity contribution >= 4 is 30.3 Å². The zero-order valence-electron chi connectivity index (χ0n) is 18.5. The van der Waals surface area contributed by atoms with E-state index in [2.05, 4.69) is 38.6 Å². The number of hydrogen-bond acceptors (Lipinski definition) is 6. The van der Waals surface area contributed by atoms with Gasteiger partial charge in [-0.05, 0) is 54.4 Å². The number of rotatable bonds is 8. The molecule has 2 aromatic carbocycles. The van der Waals surface area contributed by atoms with Crippen LogP contribution in [0.4, 0.5) is 5.82 Å². The molecule has 2 heterocycles. The maximum absolute atomic E-state index is 13.2. The molecule has 0 saturated carbocycles. The molecular weight excluding hydrogens is 448 g/mol. The fourth-order valence-electron chi connectivity index (χ4n) is 3.39. The van der Waals surface area contributed by atoms with E-state index < -0.39 is 6.04 Å². The summed E-state index contributed by atoms with van der Waals surface area (Å²) in [5.74, 6) is -0.0100. The predicted molar refractivity (Wildman–Crippen MR) is 132 cm³/mol. The molecule has 2 amide bonds. The van der Waals surface area contributed by atoms with E-state index >= 15 is 0 Å². The molecule has 9 heteroatoms. The number of aryl methyl sites for hydroxylation is 1. The Morgan fingerprint density at radius 2 is 1.82 bits per heavy atom. The second kappa shape index (κ2) is 10.8. The van der Waals surface area contributed by atoms with Gasteiger partial charge in [0.05, 0.1) is 12.7 Å². The van der Waals surface area contributed by atoms with Crippen molar-refractivity contribution in [3.63, 3.8) is 0 Å². The van der Waals surface area contributed by atoms with Gasteiger partial charge in [0.25, 0.3) is 11.8 Å². The van der Waals surface area contributed by atoms with Gasteiger partial charge in [-0.1, -0.05) is 35.5 Å². The molecule has 0 bridgehead atoms.